The molecule has 2 rings (SSSR count). The van der Waals surface area contributed by atoms with Crippen molar-refractivity contribution in [3.05, 3.63) is 28.8 Å². The lowest BCUT2D eigenvalue weighted by atomic mass is 10.0. The Bertz CT molecular complexity index is 554. The number of hydrogen-bond donors (Lipinski definition) is 3. The molecule has 2 amide bonds. The maximum absolute atomic E-state index is 12.0. The Labute approximate surface area is 128 Å². The van der Waals surface area contributed by atoms with Gasteiger partial charge >= 0.3 is 12.0 Å². The lowest BCUT2D eigenvalue weighted by Gasteiger charge is -2.15. The van der Waals surface area contributed by atoms with Crippen LogP contribution in [-0.2, 0) is 0 Å². The van der Waals surface area contributed by atoms with Gasteiger partial charge in [0.2, 0.25) is 0 Å². The minimum Gasteiger partial charge on any atom is -0.478 e. The number of benzene rings is 1. The van der Waals surface area contributed by atoms with Crippen molar-refractivity contribution in [1.29, 1.82) is 0 Å². The zero-order chi connectivity index (χ0) is 15.4. The second-order valence-electron chi connectivity index (χ2n) is 5.37. The van der Waals surface area contributed by atoms with Gasteiger partial charge in [-0.2, -0.15) is 11.8 Å². The van der Waals surface area contributed by atoms with Crippen LogP contribution in [0.3, 0.4) is 0 Å². The van der Waals surface area contributed by atoms with Gasteiger partial charge in [0.05, 0.1) is 11.3 Å². The van der Waals surface area contributed by atoms with Crippen molar-refractivity contribution in [2.24, 2.45) is 5.92 Å². The van der Waals surface area contributed by atoms with Gasteiger partial charge in [0.1, 0.15) is 0 Å². The van der Waals surface area contributed by atoms with Gasteiger partial charge in [-0.25, -0.2) is 9.59 Å². The van der Waals surface area contributed by atoms with E-state index in [9.17, 15) is 14.7 Å². The number of amides is 2. The average molecular weight is 308 g/mol. The van der Waals surface area contributed by atoms with Crippen LogP contribution in [0.1, 0.15) is 27.9 Å². The zero-order valence-electron chi connectivity index (χ0n) is 12.2. The molecule has 5 nitrogen and oxygen atoms in total. The van der Waals surface area contributed by atoms with E-state index in [1.165, 1.54) is 0 Å². The molecule has 1 aromatic rings. The van der Waals surface area contributed by atoms with E-state index in [2.05, 4.69) is 10.6 Å². The Morgan fingerprint density at radius 2 is 2.14 bits per heavy atom. The molecule has 1 aliphatic rings. The Morgan fingerprint density at radius 1 is 1.38 bits per heavy atom. The molecule has 1 atom stereocenters. The summed E-state index contributed by atoms with van der Waals surface area (Å²) in [5, 5.41) is 14.8. The maximum atomic E-state index is 12.0. The summed E-state index contributed by atoms with van der Waals surface area (Å²) in [6, 6.07) is 3.08. The molecule has 1 aliphatic heterocycles. The van der Waals surface area contributed by atoms with Crippen molar-refractivity contribution < 1.29 is 14.7 Å². The summed E-state index contributed by atoms with van der Waals surface area (Å²) in [5.74, 6) is 1.70. The molecule has 1 fully saturated rings. The van der Waals surface area contributed by atoms with Crippen LogP contribution >= 0.6 is 11.8 Å². The maximum Gasteiger partial charge on any atom is 0.337 e. The molecule has 0 aliphatic carbocycles. The molecule has 1 aromatic carbocycles. The Balaban J connectivity index is 2.04. The number of aryl methyl sites for hydroxylation is 2. The second kappa shape index (κ2) is 6.85. The predicted octanol–water partition coefficient (Wildman–Crippen LogP) is 2.88. The van der Waals surface area contributed by atoms with E-state index in [1.807, 2.05) is 24.8 Å². The highest BCUT2D eigenvalue weighted by Crippen LogP contribution is 2.24. The molecule has 0 saturated carbocycles. The number of anilines is 1. The fraction of sp³-hybridized carbons (Fsp3) is 0.467. The largest absolute Gasteiger partial charge is 0.478 e. The van der Waals surface area contributed by atoms with Crippen LogP contribution in [0.5, 0.6) is 0 Å². The van der Waals surface area contributed by atoms with Crippen molar-refractivity contribution in [2.75, 3.05) is 23.4 Å². The smallest absolute Gasteiger partial charge is 0.337 e. The van der Waals surface area contributed by atoms with E-state index >= 15 is 0 Å². The summed E-state index contributed by atoms with van der Waals surface area (Å²) in [7, 11) is 0. The van der Waals surface area contributed by atoms with Crippen molar-refractivity contribution in [3.8, 4) is 0 Å². The van der Waals surface area contributed by atoms with E-state index in [0.717, 1.165) is 29.1 Å². The fourth-order valence-electron chi connectivity index (χ4n) is 2.44. The van der Waals surface area contributed by atoms with Crippen molar-refractivity contribution >= 4 is 29.4 Å². The molecule has 0 aromatic heterocycles. The number of urea groups is 1. The van der Waals surface area contributed by atoms with E-state index in [0.29, 0.717) is 18.2 Å². The van der Waals surface area contributed by atoms with Gasteiger partial charge in [0.25, 0.3) is 0 Å². The summed E-state index contributed by atoms with van der Waals surface area (Å²) in [5.41, 5.74) is 2.10. The van der Waals surface area contributed by atoms with Gasteiger partial charge in [-0.1, -0.05) is 6.07 Å². The SMILES string of the molecule is Cc1cc(C)c(NC(=O)NCC2CCSC2)c(C(=O)O)c1. The third-order valence-corrected chi connectivity index (χ3v) is 4.76. The molecule has 1 heterocycles. The highest BCUT2D eigenvalue weighted by atomic mass is 32.2. The summed E-state index contributed by atoms with van der Waals surface area (Å²) < 4.78 is 0. The molecule has 0 bridgehead atoms. The van der Waals surface area contributed by atoms with Crippen LogP contribution in [0.2, 0.25) is 0 Å². The van der Waals surface area contributed by atoms with Gasteiger partial charge in [-0.3, -0.25) is 0 Å². The number of rotatable bonds is 4. The molecule has 1 saturated heterocycles. The Hall–Kier alpha value is -1.69. The van der Waals surface area contributed by atoms with Gasteiger partial charge < -0.3 is 15.7 Å². The van der Waals surface area contributed by atoms with Crippen molar-refractivity contribution in [3.63, 3.8) is 0 Å². The van der Waals surface area contributed by atoms with Crippen molar-refractivity contribution in [1.82, 2.24) is 5.32 Å². The van der Waals surface area contributed by atoms with Crippen molar-refractivity contribution in [2.45, 2.75) is 20.3 Å². The summed E-state index contributed by atoms with van der Waals surface area (Å²) in [6.45, 7) is 4.26. The third kappa shape index (κ3) is 4.14. The molecule has 0 radical (unpaired) electrons. The molecule has 6 heteroatoms. The summed E-state index contributed by atoms with van der Waals surface area (Å²) >= 11 is 1.90. The first kappa shape index (κ1) is 15.7. The Kier molecular flexibility index (Phi) is 5.12. The second-order valence-corrected chi connectivity index (χ2v) is 6.52. The highest BCUT2D eigenvalue weighted by Gasteiger charge is 2.18. The van der Waals surface area contributed by atoms with E-state index < -0.39 is 5.97 Å². The number of hydrogen-bond acceptors (Lipinski definition) is 3. The molecule has 114 valence electrons. The normalized spacial score (nSPS) is 17.5. The first-order chi connectivity index (χ1) is 9.97. The molecular weight excluding hydrogens is 288 g/mol. The van der Waals surface area contributed by atoms with E-state index in [1.54, 1.807) is 13.0 Å². The van der Waals surface area contributed by atoms with Crippen LogP contribution in [0.15, 0.2) is 12.1 Å². The van der Waals surface area contributed by atoms with Gasteiger partial charge in [0.15, 0.2) is 0 Å². The first-order valence-electron chi connectivity index (χ1n) is 6.94. The number of thioether (sulfide) groups is 1. The number of carbonyl (C=O) groups is 2. The minimum absolute atomic E-state index is 0.124. The number of carboxylic acid groups (broad SMARTS) is 1. The van der Waals surface area contributed by atoms with Crippen LogP contribution in [0.25, 0.3) is 0 Å². The topological polar surface area (TPSA) is 78.4 Å². The van der Waals surface area contributed by atoms with Crippen LogP contribution in [0, 0.1) is 19.8 Å². The van der Waals surface area contributed by atoms with Crippen LogP contribution in [0.4, 0.5) is 10.5 Å². The fourth-order valence-corrected chi connectivity index (χ4v) is 3.73. The van der Waals surface area contributed by atoms with E-state index in [4.69, 9.17) is 0 Å². The molecule has 1 unspecified atom stereocenters. The van der Waals surface area contributed by atoms with Crippen LogP contribution < -0.4 is 10.6 Å². The third-order valence-electron chi connectivity index (χ3n) is 3.52. The number of carbonyl (C=O) groups excluding carboxylic acids is 1. The highest BCUT2D eigenvalue weighted by molar-refractivity contribution is 7.99. The molecule has 21 heavy (non-hydrogen) atoms. The minimum atomic E-state index is -1.04. The number of nitrogens with one attached hydrogen (secondary N) is 2. The lowest BCUT2D eigenvalue weighted by Crippen LogP contribution is -2.33. The molecular formula is C15H20N2O3S. The zero-order valence-corrected chi connectivity index (χ0v) is 13.0. The predicted molar refractivity (Wildman–Crippen MR) is 85.3 cm³/mol. The van der Waals surface area contributed by atoms with Crippen LogP contribution in [-0.4, -0.2) is 35.2 Å². The summed E-state index contributed by atoms with van der Waals surface area (Å²) in [6.07, 6.45) is 1.12. The molecule has 0 spiro atoms. The van der Waals surface area contributed by atoms with Gasteiger partial charge in [-0.05, 0) is 54.9 Å². The van der Waals surface area contributed by atoms with Gasteiger partial charge in [0, 0.05) is 6.54 Å². The first-order valence-corrected chi connectivity index (χ1v) is 8.10. The van der Waals surface area contributed by atoms with Gasteiger partial charge in [-0.15, -0.1) is 0 Å². The Morgan fingerprint density at radius 3 is 2.76 bits per heavy atom. The summed E-state index contributed by atoms with van der Waals surface area (Å²) in [4.78, 5) is 23.3. The monoisotopic (exact) mass is 308 g/mol. The van der Waals surface area contributed by atoms with E-state index in [-0.39, 0.29) is 11.6 Å². The number of aromatic carboxylic acids is 1. The molecule has 3 N–H and O–H groups in total. The standard InChI is InChI=1S/C15H20N2O3S/c1-9-5-10(2)13(12(6-9)14(18)19)17-15(20)16-7-11-3-4-21-8-11/h5-6,11H,3-4,7-8H2,1-2H3,(H,18,19)(H2,16,17,20). The lowest BCUT2D eigenvalue weighted by molar-refractivity contribution is 0.0698. The average Bonchev–Trinajstić information content (AvgIpc) is 2.92. The quantitative estimate of drug-likeness (QED) is 0.799. The number of carboxylic acids is 1.